The molecule has 0 saturated heterocycles. The lowest BCUT2D eigenvalue weighted by Gasteiger charge is -2.16. The van der Waals surface area contributed by atoms with E-state index in [1.54, 1.807) is 48.5 Å². The van der Waals surface area contributed by atoms with Crippen LogP contribution in [0.1, 0.15) is 27.5 Å². The molecule has 2 aromatic carbocycles. The molecule has 6 N–H and O–H groups in total. The number of nitrogens with one attached hydrogen (secondary N) is 1. The molecule has 0 spiro atoms. The van der Waals surface area contributed by atoms with E-state index in [0.29, 0.717) is 5.56 Å². The largest absolute Gasteiger partial charge is 0.479 e. The van der Waals surface area contributed by atoms with Crippen molar-refractivity contribution in [3.8, 4) is 0 Å². The quantitative estimate of drug-likeness (QED) is 0.620. The molecule has 1 amide bonds. The summed E-state index contributed by atoms with van der Waals surface area (Å²) in [4.78, 5) is 23.7. The van der Waals surface area contributed by atoms with Crippen molar-refractivity contribution in [2.24, 2.45) is 5.73 Å². The van der Waals surface area contributed by atoms with Crippen LogP contribution in [0, 0.1) is 0 Å². The molecule has 2 aromatic rings. The number of rotatable bonds is 5. The maximum Gasteiger partial charge on any atom is 0.330 e. The van der Waals surface area contributed by atoms with Crippen LogP contribution in [0.15, 0.2) is 48.5 Å². The summed E-state index contributed by atoms with van der Waals surface area (Å²) < 4.78 is 0. The average molecular weight is 299 g/mol. The van der Waals surface area contributed by atoms with E-state index >= 15 is 0 Å². The predicted octanol–water partition coefficient (Wildman–Crippen LogP) is 1.28. The molecule has 0 bridgehead atoms. The lowest BCUT2D eigenvalue weighted by molar-refractivity contribution is -0.139. The van der Waals surface area contributed by atoms with Crippen LogP contribution in [-0.4, -0.2) is 17.0 Å². The molecule has 22 heavy (non-hydrogen) atoms. The summed E-state index contributed by atoms with van der Waals surface area (Å²) >= 11 is 0. The topological polar surface area (TPSA) is 118 Å². The minimum absolute atomic E-state index is 0.213. The zero-order valence-electron chi connectivity index (χ0n) is 11.8. The van der Waals surface area contributed by atoms with Crippen molar-refractivity contribution in [2.75, 3.05) is 5.73 Å². The molecule has 0 aromatic heterocycles. The van der Waals surface area contributed by atoms with Crippen LogP contribution in [0.2, 0.25) is 0 Å². The highest BCUT2D eigenvalue weighted by molar-refractivity contribution is 6.01. The molecule has 0 aliphatic carbocycles. The van der Waals surface area contributed by atoms with E-state index in [-0.39, 0.29) is 17.8 Å². The number of carboxylic acids is 1. The molecule has 0 saturated carbocycles. The van der Waals surface area contributed by atoms with Gasteiger partial charge in [-0.05, 0) is 23.3 Å². The Morgan fingerprint density at radius 3 is 2.41 bits per heavy atom. The van der Waals surface area contributed by atoms with Gasteiger partial charge < -0.3 is 21.9 Å². The number of aliphatic carboxylic acids is 1. The van der Waals surface area contributed by atoms with Crippen molar-refractivity contribution in [1.82, 2.24) is 5.32 Å². The van der Waals surface area contributed by atoms with Crippen LogP contribution >= 0.6 is 0 Å². The van der Waals surface area contributed by atoms with E-state index in [9.17, 15) is 14.7 Å². The van der Waals surface area contributed by atoms with Gasteiger partial charge in [0.2, 0.25) is 0 Å². The van der Waals surface area contributed by atoms with E-state index in [1.165, 1.54) is 0 Å². The lowest BCUT2D eigenvalue weighted by Crippen LogP contribution is -2.34. The average Bonchev–Trinajstić information content (AvgIpc) is 2.53. The fraction of sp³-hybridized carbons (Fsp3) is 0.125. The minimum atomic E-state index is -1.15. The molecule has 0 aliphatic heterocycles. The molecular weight excluding hydrogens is 282 g/mol. The molecule has 6 nitrogen and oxygen atoms in total. The zero-order chi connectivity index (χ0) is 16.1. The monoisotopic (exact) mass is 299 g/mol. The summed E-state index contributed by atoms with van der Waals surface area (Å²) in [6.07, 6.45) is 0. The minimum Gasteiger partial charge on any atom is -0.479 e. The highest BCUT2D eigenvalue weighted by atomic mass is 16.4. The van der Waals surface area contributed by atoms with Gasteiger partial charge in [0.25, 0.3) is 5.91 Å². The molecule has 0 aliphatic rings. The molecule has 2 rings (SSSR count). The first kappa shape index (κ1) is 15.5. The number of carbonyl (C=O) groups excluding carboxylic acids is 1. The first-order valence-electron chi connectivity index (χ1n) is 6.70. The van der Waals surface area contributed by atoms with Gasteiger partial charge in [-0.3, -0.25) is 4.79 Å². The Labute approximate surface area is 127 Å². The van der Waals surface area contributed by atoms with Crippen LogP contribution in [0.4, 0.5) is 5.69 Å². The molecule has 0 radical (unpaired) electrons. The van der Waals surface area contributed by atoms with E-state index in [0.717, 1.165) is 5.56 Å². The fourth-order valence-electron chi connectivity index (χ4n) is 2.07. The van der Waals surface area contributed by atoms with Gasteiger partial charge in [-0.1, -0.05) is 36.4 Å². The summed E-state index contributed by atoms with van der Waals surface area (Å²) in [5, 5.41) is 11.8. The van der Waals surface area contributed by atoms with Crippen LogP contribution < -0.4 is 16.8 Å². The van der Waals surface area contributed by atoms with Crippen molar-refractivity contribution in [3.63, 3.8) is 0 Å². The predicted molar refractivity (Wildman–Crippen MR) is 83.0 cm³/mol. The zero-order valence-corrected chi connectivity index (χ0v) is 11.8. The van der Waals surface area contributed by atoms with Crippen LogP contribution in [0.5, 0.6) is 0 Å². The van der Waals surface area contributed by atoms with Gasteiger partial charge in [0.15, 0.2) is 6.04 Å². The second-order valence-electron chi connectivity index (χ2n) is 4.78. The Morgan fingerprint density at radius 2 is 1.82 bits per heavy atom. The number of hydrogen-bond donors (Lipinski definition) is 4. The van der Waals surface area contributed by atoms with E-state index in [4.69, 9.17) is 11.5 Å². The molecule has 0 heterocycles. The Bertz CT molecular complexity index is 686. The first-order chi connectivity index (χ1) is 10.5. The van der Waals surface area contributed by atoms with Crippen molar-refractivity contribution in [1.29, 1.82) is 0 Å². The van der Waals surface area contributed by atoms with Gasteiger partial charge in [0.1, 0.15) is 0 Å². The van der Waals surface area contributed by atoms with E-state index < -0.39 is 17.9 Å². The fourth-order valence-corrected chi connectivity index (χ4v) is 2.07. The number of nitrogens with two attached hydrogens (primary N) is 2. The summed E-state index contributed by atoms with van der Waals surface area (Å²) in [6, 6.07) is 12.2. The Hall–Kier alpha value is -2.86. The third-order valence-corrected chi connectivity index (χ3v) is 3.25. The number of nitrogen functional groups attached to an aromatic ring is 1. The molecule has 114 valence electrons. The van der Waals surface area contributed by atoms with Crippen LogP contribution in [-0.2, 0) is 11.3 Å². The number of benzene rings is 2. The Balaban J connectivity index is 2.28. The molecular formula is C16H17N3O3. The lowest BCUT2D eigenvalue weighted by atomic mass is 10.0. The maximum atomic E-state index is 12.3. The van der Waals surface area contributed by atoms with Crippen molar-refractivity contribution < 1.29 is 14.7 Å². The van der Waals surface area contributed by atoms with Gasteiger partial charge in [0.05, 0.1) is 5.56 Å². The summed E-state index contributed by atoms with van der Waals surface area (Å²) in [7, 11) is 0. The Morgan fingerprint density at radius 1 is 1.14 bits per heavy atom. The molecule has 6 heteroatoms. The second-order valence-corrected chi connectivity index (χ2v) is 4.78. The van der Waals surface area contributed by atoms with E-state index in [1.807, 2.05) is 0 Å². The van der Waals surface area contributed by atoms with Crippen LogP contribution in [0.25, 0.3) is 0 Å². The standard InChI is InChI=1S/C16H17N3O3/c17-9-10-6-7-13(18)12(8-10)15(20)19-14(16(21)22)11-4-2-1-3-5-11/h1-8,14H,9,17-18H2,(H,19,20)(H,21,22)/t14-/m1/s1. The summed E-state index contributed by atoms with van der Waals surface area (Å²) in [6.45, 7) is 0.265. The van der Waals surface area contributed by atoms with Crippen LogP contribution in [0.3, 0.4) is 0 Å². The van der Waals surface area contributed by atoms with Gasteiger partial charge in [0, 0.05) is 12.2 Å². The van der Waals surface area contributed by atoms with Crippen molar-refractivity contribution in [2.45, 2.75) is 12.6 Å². The third-order valence-electron chi connectivity index (χ3n) is 3.25. The highest BCUT2D eigenvalue weighted by Gasteiger charge is 2.23. The number of hydrogen-bond acceptors (Lipinski definition) is 4. The smallest absolute Gasteiger partial charge is 0.330 e. The van der Waals surface area contributed by atoms with Crippen molar-refractivity contribution in [3.05, 3.63) is 65.2 Å². The number of anilines is 1. The molecule has 0 unspecified atom stereocenters. The van der Waals surface area contributed by atoms with Gasteiger partial charge >= 0.3 is 5.97 Å². The highest BCUT2D eigenvalue weighted by Crippen LogP contribution is 2.17. The van der Waals surface area contributed by atoms with Gasteiger partial charge in [-0.15, -0.1) is 0 Å². The second kappa shape index (κ2) is 6.73. The maximum absolute atomic E-state index is 12.3. The van der Waals surface area contributed by atoms with Crippen molar-refractivity contribution >= 4 is 17.6 Å². The summed E-state index contributed by atoms with van der Waals surface area (Å²) in [5.74, 6) is -1.70. The number of carboxylic acid groups (broad SMARTS) is 1. The molecule has 1 atom stereocenters. The normalized spacial score (nSPS) is 11.7. The number of amides is 1. The first-order valence-corrected chi connectivity index (χ1v) is 6.70. The van der Waals surface area contributed by atoms with E-state index in [2.05, 4.69) is 5.32 Å². The SMILES string of the molecule is NCc1ccc(N)c(C(=O)N[C@@H](C(=O)O)c2ccccc2)c1. The third kappa shape index (κ3) is 3.42. The summed E-state index contributed by atoms with van der Waals surface area (Å²) in [5.41, 5.74) is 13.0. The van der Waals surface area contributed by atoms with Gasteiger partial charge in [-0.2, -0.15) is 0 Å². The number of carbonyl (C=O) groups is 2. The molecule has 0 fully saturated rings. The Kier molecular flexibility index (Phi) is 4.75. The van der Waals surface area contributed by atoms with Gasteiger partial charge in [-0.25, -0.2) is 4.79 Å².